The Hall–Kier alpha value is -3.44. The second-order valence-electron chi connectivity index (χ2n) is 8.81. The van der Waals surface area contributed by atoms with E-state index in [1.165, 1.54) is 24.3 Å². The maximum absolute atomic E-state index is 13.7. The summed E-state index contributed by atoms with van der Waals surface area (Å²) in [7, 11) is 0. The molecule has 0 aliphatic heterocycles. The van der Waals surface area contributed by atoms with Gasteiger partial charge in [0.25, 0.3) is 0 Å². The van der Waals surface area contributed by atoms with E-state index in [2.05, 4.69) is 30.6 Å². The molecule has 0 amide bonds. The van der Waals surface area contributed by atoms with Crippen LogP contribution in [0.3, 0.4) is 0 Å². The highest BCUT2D eigenvalue weighted by molar-refractivity contribution is 5.54. The van der Waals surface area contributed by atoms with Crippen molar-refractivity contribution < 1.29 is 26.3 Å². The van der Waals surface area contributed by atoms with Gasteiger partial charge in [-0.3, -0.25) is 0 Å². The summed E-state index contributed by atoms with van der Waals surface area (Å²) >= 11 is 0. The van der Waals surface area contributed by atoms with Crippen molar-refractivity contribution in [2.75, 3.05) is 10.6 Å². The first kappa shape index (κ1) is 23.3. The Balaban J connectivity index is 1.44. The fourth-order valence-electron chi connectivity index (χ4n) is 4.46. The van der Waals surface area contributed by atoms with Crippen molar-refractivity contribution in [3.8, 4) is 11.5 Å². The normalized spacial score (nSPS) is 21.1. The zero-order valence-corrected chi connectivity index (χ0v) is 18.2. The number of nitrogens with zero attached hydrogens (tertiary/aromatic N) is 4. The molecular weight excluding hydrogens is 474 g/mol. The lowest BCUT2D eigenvalue weighted by Crippen LogP contribution is -2.24. The van der Waals surface area contributed by atoms with E-state index in [4.69, 9.17) is 0 Å². The van der Waals surface area contributed by atoms with Gasteiger partial charge in [-0.05, 0) is 54.7 Å². The Morgan fingerprint density at radius 1 is 0.857 bits per heavy atom. The van der Waals surface area contributed by atoms with Gasteiger partial charge < -0.3 is 10.6 Å². The summed E-state index contributed by atoms with van der Waals surface area (Å²) in [6.45, 7) is 0. The van der Waals surface area contributed by atoms with Crippen molar-refractivity contribution in [2.24, 2.45) is 0 Å². The number of fused-ring (bicyclic) bond motifs is 1. The van der Waals surface area contributed by atoms with Crippen LogP contribution in [0.15, 0.2) is 36.4 Å². The van der Waals surface area contributed by atoms with Gasteiger partial charge >= 0.3 is 6.18 Å². The summed E-state index contributed by atoms with van der Waals surface area (Å²) in [4.78, 5) is 16.3. The Labute approximate surface area is 196 Å². The largest absolute Gasteiger partial charge is 0.433 e. The van der Waals surface area contributed by atoms with E-state index in [9.17, 15) is 26.3 Å². The van der Waals surface area contributed by atoms with Gasteiger partial charge in [-0.2, -0.15) is 28.1 Å². The summed E-state index contributed by atoms with van der Waals surface area (Å²) < 4.78 is 80.4. The number of hydrogen-bond donors (Lipinski definition) is 2. The topological polar surface area (TPSA) is 75.6 Å². The Bertz CT molecular complexity index is 1250. The molecule has 0 bridgehead atoms. The Morgan fingerprint density at radius 3 is 2.26 bits per heavy atom. The molecule has 0 saturated heterocycles. The first-order chi connectivity index (χ1) is 16.5. The lowest BCUT2D eigenvalue weighted by atomic mass is 10.1. The quantitative estimate of drug-likeness (QED) is 0.471. The Kier molecular flexibility index (Phi) is 5.76. The molecule has 2 N–H and O–H groups in total. The summed E-state index contributed by atoms with van der Waals surface area (Å²) in [6.07, 6.45) is -4.08. The third kappa shape index (κ3) is 5.30. The number of nitrogens with one attached hydrogen (secondary N) is 2. The second-order valence-corrected chi connectivity index (χ2v) is 8.81. The molecule has 2 atom stereocenters. The molecular formula is C23H20F6N6. The zero-order chi connectivity index (χ0) is 24.8. The van der Waals surface area contributed by atoms with Crippen LogP contribution in [0.4, 0.5) is 38.2 Å². The highest BCUT2D eigenvalue weighted by Gasteiger charge is 2.40. The average Bonchev–Trinajstić information content (AvgIpc) is 3.34. The molecule has 1 fully saturated rings. The van der Waals surface area contributed by atoms with Gasteiger partial charge in [-0.15, -0.1) is 0 Å². The number of benzene rings is 1. The molecule has 1 saturated carbocycles. The molecule has 184 valence electrons. The molecule has 0 spiro atoms. The van der Waals surface area contributed by atoms with E-state index >= 15 is 0 Å². The number of rotatable bonds is 5. The third-order valence-electron chi connectivity index (χ3n) is 6.08. The molecule has 3 aromatic rings. The molecule has 35 heavy (non-hydrogen) atoms. The molecule has 0 radical (unpaired) electrons. The first-order valence-corrected chi connectivity index (χ1v) is 11.0. The van der Waals surface area contributed by atoms with Crippen molar-refractivity contribution in [3.05, 3.63) is 59.0 Å². The van der Waals surface area contributed by atoms with Gasteiger partial charge in [0.1, 0.15) is 17.2 Å². The van der Waals surface area contributed by atoms with Gasteiger partial charge in [0.2, 0.25) is 17.8 Å². The lowest BCUT2D eigenvalue weighted by Gasteiger charge is -2.17. The molecule has 12 heteroatoms. The highest BCUT2D eigenvalue weighted by atomic mass is 19.4. The van der Waals surface area contributed by atoms with Crippen LogP contribution in [0.5, 0.6) is 0 Å². The number of halogens is 6. The molecule has 2 aliphatic carbocycles. The number of hydrogen-bond acceptors (Lipinski definition) is 6. The molecule has 5 rings (SSSR count). The standard InChI is InChI=1S/C23H20F6N6/c24-14-5-4-12-9-16(10-13(12)8-14)31-21-34-19(17-2-1-3-18(32-17)23(27,28)29)33-20(35-21)30-15-6-7-22(25,26)11-15/h1-5,8,15-16H,6-7,9-11H2,(H2,30,31,33,34,35). The van der Waals surface area contributed by atoms with Crippen LogP contribution in [0, 0.1) is 5.82 Å². The predicted octanol–water partition coefficient (Wildman–Crippen LogP) is 5.27. The Morgan fingerprint density at radius 2 is 1.57 bits per heavy atom. The van der Waals surface area contributed by atoms with E-state index in [0.29, 0.717) is 12.8 Å². The number of alkyl halides is 5. The van der Waals surface area contributed by atoms with Crippen molar-refractivity contribution in [3.63, 3.8) is 0 Å². The minimum Gasteiger partial charge on any atom is -0.351 e. The molecule has 1 aromatic carbocycles. The maximum Gasteiger partial charge on any atom is 0.433 e. The van der Waals surface area contributed by atoms with Crippen molar-refractivity contribution in [2.45, 2.75) is 56.3 Å². The predicted molar refractivity (Wildman–Crippen MR) is 115 cm³/mol. The molecule has 2 aromatic heterocycles. The summed E-state index contributed by atoms with van der Waals surface area (Å²) in [5.74, 6) is -3.27. The fourth-order valence-corrected chi connectivity index (χ4v) is 4.46. The zero-order valence-electron chi connectivity index (χ0n) is 18.2. The van der Waals surface area contributed by atoms with Crippen molar-refractivity contribution in [1.29, 1.82) is 0 Å². The van der Waals surface area contributed by atoms with Crippen LogP contribution in [0.2, 0.25) is 0 Å². The van der Waals surface area contributed by atoms with Crippen LogP contribution in [0.25, 0.3) is 11.5 Å². The number of anilines is 2. The molecule has 6 nitrogen and oxygen atoms in total. The van der Waals surface area contributed by atoms with Crippen LogP contribution in [-0.4, -0.2) is 37.9 Å². The summed E-state index contributed by atoms with van der Waals surface area (Å²) in [5.41, 5.74) is 0.553. The molecule has 2 unspecified atom stereocenters. The number of aromatic nitrogens is 4. The number of pyridine rings is 1. The molecule has 2 heterocycles. The van der Waals surface area contributed by atoms with Gasteiger partial charge in [0.15, 0.2) is 5.82 Å². The monoisotopic (exact) mass is 494 g/mol. The van der Waals surface area contributed by atoms with Gasteiger partial charge in [0.05, 0.1) is 0 Å². The first-order valence-electron chi connectivity index (χ1n) is 11.0. The van der Waals surface area contributed by atoms with E-state index < -0.39 is 30.3 Å². The SMILES string of the molecule is Fc1ccc2c(c1)CC(Nc1nc(NC3CCC(F)(F)C3)nc(-c3cccc(C(F)(F)F)n3)n1)C2. The summed E-state index contributed by atoms with van der Waals surface area (Å²) in [6, 6.07) is 7.09. The summed E-state index contributed by atoms with van der Waals surface area (Å²) in [5, 5.41) is 5.98. The fraction of sp³-hybridized carbons (Fsp3) is 0.391. The lowest BCUT2D eigenvalue weighted by molar-refractivity contribution is -0.141. The van der Waals surface area contributed by atoms with Crippen LogP contribution >= 0.6 is 0 Å². The second kappa shape index (κ2) is 8.65. The van der Waals surface area contributed by atoms with Crippen LogP contribution < -0.4 is 10.6 Å². The van der Waals surface area contributed by atoms with Crippen molar-refractivity contribution >= 4 is 11.9 Å². The van der Waals surface area contributed by atoms with Gasteiger partial charge in [-0.1, -0.05) is 12.1 Å². The average molecular weight is 494 g/mol. The van der Waals surface area contributed by atoms with Gasteiger partial charge in [0, 0.05) is 24.9 Å². The van der Waals surface area contributed by atoms with E-state index in [-0.39, 0.29) is 48.1 Å². The van der Waals surface area contributed by atoms with E-state index in [1.807, 2.05) is 0 Å². The van der Waals surface area contributed by atoms with E-state index in [0.717, 1.165) is 17.2 Å². The van der Waals surface area contributed by atoms with E-state index in [1.54, 1.807) is 6.07 Å². The van der Waals surface area contributed by atoms with Crippen molar-refractivity contribution in [1.82, 2.24) is 19.9 Å². The highest BCUT2D eigenvalue weighted by Crippen LogP contribution is 2.36. The third-order valence-corrected chi connectivity index (χ3v) is 6.08. The smallest absolute Gasteiger partial charge is 0.351 e. The van der Waals surface area contributed by atoms with Crippen LogP contribution in [0.1, 0.15) is 36.1 Å². The minimum atomic E-state index is -4.66. The van der Waals surface area contributed by atoms with Gasteiger partial charge in [-0.25, -0.2) is 18.2 Å². The molecule has 2 aliphatic rings. The maximum atomic E-state index is 13.7. The van der Waals surface area contributed by atoms with Crippen LogP contribution in [-0.2, 0) is 19.0 Å². The minimum absolute atomic E-state index is 0.0408.